The van der Waals surface area contributed by atoms with Gasteiger partial charge in [0.25, 0.3) is 5.95 Å². The molecule has 0 bridgehead atoms. The number of furan rings is 1. The van der Waals surface area contributed by atoms with Crippen molar-refractivity contribution < 1.29 is 9.21 Å². The van der Waals surface area contributed by atoms with E-state index in [4.69, 9.17) is 4.42 Å². The molecule has 2 amide bonds. The van der Waals surface area contributed by atoms with E-state index in [0.717, 1.165) is 17.0 Å². The minimum Gasteiger partial charge on any atom is -0.461 e. The number of aromatic amines is 2. The number of carbonyl (C=O) groups is 1. The second kappa shape index (κ2) is 7.16. The number of aromatic nitrogens is 5. The molecule has 0 saturated heterocycles. The molecule has 0 saturated carbocycles. The maximum Gasteiger partial charge on any atom is 0.324 e. The zero-order valence-electron chi connectivity index (χ0n) is 14.5. The monoisotopic (exact) mass is 363 g/mol. The summed E-state index contributed by atoms with van der Waals surface area (Å²) in [7, 11) is 1.68. The number of H-pyrrole nitrogens is 2. The zero-order valence-corrected chi connectivity index (χ0v) is 14.5. The van der Waals surface area contributed by atoms with Crippen molar-refractivity contribution in [3.63, 3.8) is 0 Å². The van der Waals surface area contributed by atoms with Crippen molar-refractivity contribution in [3.05, 3.63) is 60.5 Å². The van der Waals surface area contributed by atoms with Crippen molar-refractivity contribution in [2.24, 2.45) is 0 Å². The average molecular weight is 363 g/mol. The standard InChI is InChI=1S/C18H17N7O2/c1-25(11-13-10-14(22-21-13)12-6-3-2-4-7-12)18(26)20-17-19-16(23-24-17)15-8-5-9-27-15/h2-10H,11H2,1H3,(H,21,22)(H2,19,20,23,24,26). The molecule has 0 unspecified atom stereocenters. The first-order valence-corrected chi connectivity index (χ1v) is 8.27. The Kier molecular flexibility index (Phi) is 4.40. The van der Waals surface area contributed by atoms with Crippen molar-refractivity contribution in [1.29, 1.82) is 0 Å². The summed E-state index contributed by atoms with van der Waals surface area (Å²) in [6, 6.07) is 14.9. The molecule has 9 nitrogen and oxygen atoms in total. The normalized spacial score (nSPS) is 10.7. The minimum atomic E-state index is -0.337. The molecule has 3 heterocycles. The van der Waals surface area contributed by atoms with Gasteiger partial charge in [-0.25, -0.2) is 4.79 Å². The Morgan fingerprint density at radius 3 is 2.78 bits per heavy atom. The quantitative estimate of drug-likeness (QED) is 0.504. The van der Waals surface area contributed by atoms with Crippen LogP contribution < -0.4 is 5.32 Å². The van der Waals surface area contributed by atoms with Crippen LogP contribution in [-0.2, 0) is 6.54 Å². The van der Waals surface area contributed by atoms with Crippen LogP contribution in [0.5, 0.6) is 0 Å². The first-order valence-electron chi connectivity index (χ1n) is 8.27. The number of rotatable bonds is 5. The molecule has 0 atom stereocenters. The smallest absolute Gasteiger partial charge is 0.324 e. The predicted octanol–water partition coefficient (Wildman–Crippen LogP) is 3.12. The number of amides is 2. The van der Waals surface area contributed by atoms with E-state index in [1.165, 1.54) is 11.2 Å². The SMILES string of the molecule is CN(Cc1cc(-c2ccccc2)n[nH]1)C(=O)Nc1n[nH]c(-c2ccco2)n1. The highest BCUT2D eigenvalue weighted by Gasteiger charge is 2.15. The molecule has 136 valence electrons. The van der Waals surface area contributed by atoms with E-state index < -0.39 is 0 Å². The summed E-state index contributed by atoms with van der Waals surface area (Å²) in [4.78, 5) is 18.0. The summed E-state index contributed by atoms with van der Waals surface area (Å²) in [6.07, 6.45) is 1.54. The molecule has 4 aromatic rings. The third kappa shape index (κ3) is 3.71. The molecule has 3 aromatic heterocycles. The first kappa shape index (κ1) is 16.6. The van der Waals surface area contributed by atoms with Crippen molar-refractivity contribution in [2.75, 3.05) is 12.4 Å². The van der Waals surface area contributed by atoms with Gasteiger partial charge in [0.1, 0.15) is 0 Å². The summed E-state index contributed by atoms with van der Waals surface area (Å²) in [6.45, 7) is 0.362. The van der Waals surface area contributed by atoms with Crippen LogP contribution in [0.15, 0.2) is 59.2 Å². The van der Waals surface area contributed by atoms with Crippen LogP contribution in [0.25, 0.3) is 22.8 Å². The Labute approximate surface area is 154 Å². The Morgan fingerprint density at radius 2 is 2.00 bits per heavy atom. The van der Waals surface area contributed by atoms with Crippen LogP contribution in [-0.4, -0.2) is 43.4 Å². The number of carbonyl (C=O) groups excluding carboxylic acids is 1. The van der Waals surface area contributed by atoms with Crippen LogP contribution in [0.4, 0.5) is 10.7 Å². The van der Waals surface area contributed by atoms with Crippen LogP contribution in [0.1, 0.15) is 5.69 Å². The average Bonchev–Trinajstić information content (AvgIpc) is 3.44. The van der Waals surface area contributed by atoms with Crippen LogP contribution >= 0.6 is 0 Å². The van der Waals surface area contributed by atoms with Gasteiger partial charge in [-0.05, 0) is 18.2 Å². The van der Waals surface area contributed by atoms with E-state index in [0.29, 0.717) is 18.1 Å². The van der Waals surface area contributed by atoms with Crippen LogP contribution in [0, 0.1) is 0 Å². The lowest BCUT2D eigenvalue weighted by Gasteiger charge is -2.15. The van der Waals surface area contributed by atoms with Gasteiger partial charge in [0, 0.05) is 12.6 Å². The fraction of sp³-hybridized carbons (Fsp3) is 0.111. The van der Waals surface area contributed by atoms with Gasteiger partial charge in [-0.3, -0.25) is 15.5 Å². The van der Waals surface area contributed by atoms with Gasteiger partial charge in [0.2, 0.25) is 0 Å². The number of benzene rings is 1. The lowest BCUT2D eigenvalue weighted by Crippen LogP contribution is -2.31. The Bertz CT molecular complexity index is 1020. The maximum atomic E-state index is 12.4. The number of nitrogens with zero attached hydrogens (tertiary/aromatic N) is 4. The molecular formula is C18H17N7O2. The number of hydrogen-bond acceptors (Lipinski definition) is 5. The van der Waals surface area contributed by atoms with E-state index in [9.17, 15) is 4.79 Å². The van der Waals surface area contributed by atoms with Crippen molar-refractivity contribution >= 4 is 12.0 Å². The third-order valence-corrected chi connectivity index (χ3v) is 3.91. The van der Waals surface area contributed by atoms with Crippen LogP contribution in [0.2, 0.25) is 0 Å². The highest BCUT2D eigenvalue weighted by Crippen LogP contribution is 2.18. The molecule has 0 spiro atoms. The second-order valence-electron chi connectivity index (χ2n) is 5.92. The summed E-state index contributed by atoms with van der Waals surface area (Å²) in [5, 5.41) is 16.6. The lowest BCUT2D eigenvalue weighted by molar-refractivity contribution is 0.220. The Morgan fingerprint density at radius 1 is 1.15 bits per heavy atom. The fourth-order valence-electron chi connectivity index (χ4n) is 2.56. The third-order valence-electron chi connectivity index (χ3n) is 3.91. The van der Waals surface area contributed by atoms with E-state index in [1.807, 2.05) is 36.4 Å². The summed E-state index contributed by atoms with van der Waals surface area (Å²) in [5.74, 6) is 1.16. The van der Waals surface area contributed by atoms with E-state index in [1.54, 1.807) is 19.2 Å². The van der Waals surface area contributed by atoms with Gasteiger partial charge < -0.3 is 9.32 Å². The number of nitrogens with one attached hydrogen (secondary N) is 3. The molecule has 0 radical (unpaired) electrons. The summed E-state index contributed by atoms with van der Waals surface area (Å²) < 4.78 is 5.24. The molecule has 0 fully saturated rings. The molecule has 3 N–H and O–H groups in total. The molecular weight excluding hydrogens is 346 g/mol. The van der Waals surface area contributed by atoms with Crippen LogP contribution in [0.3, 0.4) is 0 Å². The number of anilines is 1. The second-order valence-corrected chi connectivity index (χ2v) is 5.92. The molecule has 27 heavy (non-hydrogen) atoms. The van der Waals surface area contributed by atoms with E-state index in [-0.39, 0.29) is 12.0 Å². The van der Waals surface area contributed by atoms with Gasteiger partial charge in [-0.1, -0.05) is 30.3 Å². The molecule has 0 aliphatic rings. The number of urea groups is 1. The maximum absolute atomic E-state index is 12.4. The van der Waals surface area contributed by atoms with Crippen molar-refractivity contribution in [1.82, 2.24) is 30.3 Å². The van der Waals surface area contributed by atoms with Crippen molar-refractivity contribution in [3.8, 4) is 22.8 Å². The topological polar surface area (TPSA) is 116 Å². The van der Waals surface area contributed by atoms with Gasteiger partial charge in [0.05, 0.1) is 24.2 Å². The van der Waals surface area contributed by atoms with Gasteiger partial charge in [-0.2, -0.15) is 10.1 Å². The summed E-state index contributed by atoms with van der Waals surface area (Å²) in [5.41, 5.74) is 2.66. The van der Waals surface area contributed by atoms with Gasteiger partial charge in [-0.15, -0.1) is 5.10 Å². The predicted molar refractivity (Wildman–Crippen MR) is 98.6 cm³/mol. The largest absolute Gasteiger partial charge is 0.461 e. The fourth-order valence-corrected chi connectivity index (χ4v) is 2.56. The summed E-state index contributed by atoms with van der Waals surface area (Å²) >= 11 is 0. The molecule has 0 aliphatic carbocycles. The zero-order chi connectivity index (χ0) is 18.6. The molecule has 4 rings (SSSR count). The van der Waals surface area contributed by atoms with E-state index >= 15 is 0 Å². The Hall–Kier alpha value is -3.88. The number of hydrogen-bond donors (Lipinski definition) is 3. The molecule has 1 aromatic carbocycles. The van der Waals surface area contributed by atoms with E-state index in [2.05, 4.69) is 30.7 Å². The minimum absolute atomic E-state index is 0.174. The highest BCUT2D eigenvalue weighted by atomic mass is 16.3. The Balaban J connectivity index is 1.38. The van der Waals surface area contributed by atoms with Crippen molar-refractivity contribution in [2.45, 2.75) is 6.54 Å². The van der Waals surface area contributed by atoms with Gasteiger partial charge in [0.15, 0.2) is 11.6 Å². The van der Waals surface area contributed by atoms with Gasteiger partial charge >= 0.3 is 6.03 Å². The molecule has 0 aliphatic heterocycles. The first-order chi connectivity index (χ1) is 13.2. The lowest BCUT2D eigenvalue weighted by atomic mass is 10.1. The molecule has 9 heteroatoms. The highest BCUT2D eigenvalue weighted by molar-refractivity contribution is 5.87.